The maximum absolute atomic E-state index is 11.1. The predicted octanol–water partition coefficient (Wildman–Crippen LogP) is 0.335. The first-order valence-electron chi connectivity index (χ1n) is 4.47. The van der Waals surface area contributed by atoms with Crippen LogP contribution in [-0.2, 0) is 14.3 Å². The van der Waals surface area contributed by atoms with Crippen molar-refractivity contribution < 1.29 is 19.4 Å². The van der Waals surface area contributed by atoms with E-state index in [0.29, 0.717) is 6.42 Å². The van der Waals surface area contributed by atoms with Gasteiger partial charge in [-0.05, 0) is 19.3 Å². The minimum Gasteiger partial charge on any atom is -0.469 e. The number of rotatable bonds is 2. The van der Waals surface area contributed by atoms with Crippen LogP contribution in [0.5, 0.6) is 0 Å². The number of esters is 1. The standard InChI is InChI=1S/C9H16O4/c1-12-8-4-3-6(5-7(8)10)9(11)13-2/h6-8,10H,3-5H2,1-2H3/t6-,7-,8-/m0/s1. The molecule has 1 aliphatic rings. The zero-order valence-electron chi connectivity index (χ0n) is 8.03. The van der Waals surface area contributed by atoms with E-state index in [9.17, 15) is 9.90 Å². The number of aliphatic hydroxyl groups excluding tert-OH is 1. The lowest BCUT2D eigenvalue weighted by Crippen LogP contribution is -2.37. The average molecular weight is 188 g/mol. The van der Waals surface area contributed by atoms with Gasteiger partial charge in [-0.15, -0.1) is 0 Å². The van der Waals surface area contributed by atoms with Crippen LogP contribution in [0.25, 0.3) is 0 Å². The number of carbonyl (C=O) groups excluding carboxylic acids is 1. The fraction of sp³-hybridized carbons (Fsp3) is 0.889. The van der Waals surface area contributed by atoms with E-state index in [2.05, 4.69) is 4.74 Å². The van der Waals surface area contributed by atoms with Crippen molar-refractivity contribution in [2.75, 3.05) is 14.2 Å². The van der Waals surface area contributed by atoms with Gasteiger partial charge in [0.05, 0.1) is 25.2 Å². The zero-order chi connectivity index (χ0) is 9.84. The molecule has 1 saturated carbocycles. The molecule has 4 nitrogen and oxygen atoms in total. The highest BCUT2D eigenvalue weighted by Crippen LogP contribution is 2.26. The quantitative estimate of drug-likeness (QED) is 0.635. The van der Waals surface area contributed by atoms with Gasteiger partial charge in [0, 0.05) is 7.11 Å². The van der Waals surface area contributed by atoms with Gasteiger partial charge in [0.25, 0.3) is 0 Å². The van der Waals surface area contributed by atoms with E-state index >= 15 is 0 Å². The second-order valence-electron chi connectivity index (χ2n) is 3.37. The maximum Gasteiger partial charge on any atom is 0.308 e. The number of hydrogen-bond donors (Lipinski definition) is 1. The Balaban J connectivity index is 2.45. The summed E-state index contributed by atoms with van der Waals surface area (Å²) in [6.07, 6.45) is 1.24. The number of aliphatic hydroxyl groups is 1. The van der Waals surface area contributed by atoms with E-state index in [1.54, 1.807) is 7.11 Å². The molecule has 4 heteroatoms. The summed E-state index contributed by atoms with van der Waals surface area (Å²) in [5, 5.41) is 9.55. The summed E-state index contributed by atoms with van der Waals surface area (Å²) < 4.78 is 9.68. The van der Waals surface area contributed by atoms with Gasteiger partial charge in [-0.2, -0.15) is 0 Å². The van der Waals surface area contributed by atoms with Gasteiger partial charge in [-0.1, -0.05) is 0 Å². The molecular formula is C9H16O4. The highest BCUT2D eigenvalue weighted by Gasteiger charge is 2.33. The first-order chi connectivity index (χ1) is 6.19. The molecule has 1 fully saturated rings. The van der Waals surface area contributed by atoms with E-state index < -0.39 is 6.10 Å². The van der Waals surface area contributed by atoms with Gasteiger partial charge >= 0.3 is 5.97 Å². The first kappa shape index (κ1) is 10.5. The second-order valence-corrected chi connectivity index (χ2v) is 3.37. The van der Waals surface area contributed by atoms with Crippen LogP contribution in [0.15, 0.2) is 0 Å². The second kappa shape index (κ2) is 4.58. The monoisotopic (exact) mass is 188 g/mol. The summed E-state index contributed by atoms with van der Waals surface area (Å²) in [7, 11) is 2.95. The number of methoxy groups -OCH3 is 2. The third-order valence-electron chi connectivity index (χ3n) is 2.59. The molecule has 1 rings (SSSR count). The normalized spacial score (nSPS) is 34.2. The van der Waals surface area contributed by atoms with Crippen LogP contribution in [-0.4, -0.2) is 37.5 Å². The summed E-state index contributed by atoms with van der Waals surface area (Å²) in [6, 6.07) is 0. The Morgan fingerprint density at radius 1 is 1.38 bits per heavy atom. The molecule has 0 spiro atoms. The highest BCUT2D eigenvalue weighted by molar-refractivity contribution is 5.72. The average Bonchev–Trinajstić information content (AvgIpc) is 2.16. The highest BCUT2D eigenvalue weighted by atomic mass is 16.5. The van der Waals surface area contributed by atoms with Crippen LogP contribution in [0.3, 0.4) is 0 Å². The lowest BCUT2D eigenvalue weighted by atomic mass is 9.85. The molecule has 1 aliphatic carbocycles. The van der Waals surface area contributed by atoms with E-state index in [1.807, 2.05) is 0 Å². The summed E-state index contributed by atoms with van der Waals surface area (Å²) in [6.45, 7) is 0. The molecule has 1 N–H and O–H groups in total. The Morgan fingerprint density at radius 2 is 2.08 bits per heavy atom. The van der Waals surface area contributed by atoms with Crippen LogP contribution >= 0.6 is 0 Å². The van der Waals surface area contributed by atoms with Gasteiger partial charge in [0.1, 0.15) is 0 Å². The molecule has 0 amide bonds. The number of hydrogen-bond acceptors (Lipinski definition) is 4. The van der Waals surface area contributed by atoms with Crippen LogP contribution in [0.2, 0.25) is 0 Å². The Labute approximate surface area is 77.8 Å². The molecular weight excluding hydrogens is 172 g/mol. The van der Waals surface area contributed by atoms with Gasteiger partial charge in [-0.25, -0.2) is 0 Å². The maximum atomic E-state index is 11.1. The molecule has 0 unspecified atom stereocenters. The topological polar surface area (TPSA) is 55.8 Å². The van der Waals surface area contributed by atoms with E-state index in [1.165, 1.54) is 7.11 Å². The van der Waals surface area contributed by atoms with Crippen molar-refractivity contribution in [3.8, 4) is 0 Å². The summed E-state index contributed by atoms with van der Waals surface area (Å²) in [5.74, 6) is -0.389. The van der Waals surface area contributed by atoms with Crippen molar-refractivity contribution in [1.82, 2.24) is 0 Å². The predicted molar refractivity (Wildman–Crippen MR) is 46.2 cm³/mol. The van der Waals surface area contributed by atoms with Gasteiger partial charge < -0.3 is 14.6 Å². The summed E-state index contributed by atoms with van der Waals surface area (Å²) in [5.41, 5.74) is 0. The zero-order valence-corrected chi connectivity index (χ0v) is 8.03. The Morgan fingerprint density at radius 3 is 2.54 bits per heavy atom. The Bertz CT molecular complexity index is 180. The largest absolute Gasteiger partial charge is 0.469 e. The Hall–Kier alpha value is -0.610. The van der Waals surface area contributed by atoms with Crippen LogP contribution in [0.4, 0.5) is 0 Å². The molecule has 0 bridgehead atoms. The molecule has 0 aromatic carbocycles. The SMILES string of the molecule is COC(=O)[C@H]1CC[C@H](OC)[C@@H](O)C1. The molecule has 76 valence electrons. The molecule has 0 aromatic heterocycles. The van der Waals surface area contributed by atoms with Crippen LogP contribution in [0.1, 0.15) is 19.3 Å². The van der Waals surface area contributed by atoms with E-state index in [0.717, 1.165) is 12.8 Å². The molecule has 0 radical (unpaired) electrons. The van der Waals surface area contributed by atoms with E-state index in [-0.39, 0.29) is 18.0 Å². The van der Waals surface area contributed by atoms with Crippen molar-refractivity contribution in [3.63, 3.8) is 0 Å². The summed E-state index contributed by atoms with van der Waals surface area (Å²) in [4.78, 5) is 11.1. The smallest absolute Gasteiger partial charge is 0.308 e. The van der Waals surface area contributed by atoms with Gasteiger partial charge in [-0.3, -0.25) is 4.79 Å². The number of carbonyl (C=O) groups is 1. The molecule has 3 atom stereocenters. The summed E-state index contributed by atoms with van der Waals surface area (Å²) >= 11 is 0. The molecule has 0 aromatic rings. The molecule has 0 aliphatic heterocycles. The third-order valence-corrected chi connectivity index (χ3v) is 2.59. The molecule has 0 heterocycles. The lowest BCUT2D eigenvalue weighted by molar-refractivity contribution is -0.150. The van der Waals surface area contributed by atoms with Gasteiger partial charge in [0.2, 0.25) is 0 Å². The van der Waals surface area contributed by atoms with Crippen LogP contribution in [0, 0.1) is 5.92 Å². The fourth-order valence-corrected chi connectivity index (χ4v) is 1.77. The molecule has 0 saturated heterocycles. The third kappa shape index (κ3) is 2.42. The van der Waals surface area contributed by atoms with Crippen molar-refractivity contribution in [3.05, 3.63) is 0 Å². The van der Waals surface area contributed by atoms with Crippen molar-refractivity contribution in [1.29, 1.82) is 0 Å². The van der Waals surface area contributed by atoms with Crippen molar-refractivity contribution >= 4 is 5.97 Å². The van der Waals surface area contributed by atoms with Crippen molar-refractivity contribution in [2.24, 2.45) is 5.92 Å². The molecule has 13 heavy (non-hydrogen) atoms. The lowest BCUT2D eigenvalue weighted by Gasteiger charge is -2.30. The van der Waals surface area contributed by atoms with Crippen molar-refractivity contribution in [2.45, 2.75) is 31.5 Å². The minimum absolute atomic E-state index is 0.124. The van der Waals surface area contributed by atoms with E-state index in [4.69, 9.17) is 4.74 Å². The first-order valence-corrected chi connectivity index (χ1v) is 4.47. The van der Waals surface area contributed by atoms with Crippen LogP contribution < -0.4 is 0 Å². The number of ether oxygens (including phenoxy) is 2. The van der Waals surface area contributed by atoms with Gasteiger partial charge in [0.15, 0.2) is 0 Å². The minimum atomic E-state index is -0.539. The Kier molecular flexibility index (Phi) is 3.69. The fourth-order valence-electron chi connectivity index (χ4n) is 1.77.